The molecule has 2 heterocycles. The summed E-state index contributed by atoms with van der Waals surface area (Å²) >= 11 is 3.30. The van der Waals surface area contributed by atoms with Gasteiger partial charge in [-0.05, 0) is 47.4 Å². The number of hydrogen-bond donors (Lipinski definition) is 1. The van der Waals surface area contributed by atoms with Crippen LogP contribution >= 0.6 is 15.9 Å². The SMILES string of the molecule is N[C@H]1CCCN(Cc2ccc(Br)o2)C1. The number of nitrogens with zero attached hydrogens (tertiary/aromatic N) is 1. The lowest BCUT2D eigenvalue weighted by Crippen LogP contribution is -2.42. The Hall–Kier alpha value is -0.320. The van der Waals surface area contributed by atoms with Crippen LogP contribution in [0.25, 0.3) is 0 Å². The average Bonchev–Trinajstić information content (AvgIpc) is 2.51. The van der Waals surface area contributed by atoms with Gasteiger partial charge in [0.25, 0.3) is 0 Å². The summed E-state index contributed by atoms with van der Waals surface area (Å²) in [5, 5.41) is 0. The maximum Gasteiger partial charge on any atom is 0.169 e. The average molecular weight is 259 g/mol. The minimum absolute atomic E-state index is 0.335. The number of rotatable bonds is 2. The van der Waals surface area contributed by atoms with Crippen LogP contribution in [0.4, 0.5) is 0 Å². The molecule has 1 aliphatic heterocycles. The molecular formula is C10H15BrN2O. The summed E-state index contributed by atoms with van der Waals surface area (Å²) in [5.41, 5.74) is 5.90. The number of hydrogen-bond acceptors (Lipinski definition) is 3. The highest BCUT2D eigenvalue weighted by molar-refractivity contribution is 9.10. The van der Waals surface area contributed by atoms with Crippen LogP contribution in [0, 0.1) is 0 Å². The lowest BCUT2D eigenvalue weighted by atomic mass is 10.1. The van der Waals surface area contributed by atoms with Crippen LogP contribution in [0.1, 0.15) is 18.6 Å². The summed E-state index contributed by atoms with van der Waals surface area (Å²) in [6, 6.07) is 4.27. The standard InChI is InChI=1S/C10H15BrN2O/c11-10-4-3-9(14-10)7-13-5-1-2-8(12)6-13/h3-4,8H,1-2,5-7,12H2/t8-/m0/s1. The monoisotopic (exact) mass is 258 g/mol. The van der Waals surface area contributed by atoms with Crippen LogP contribution in [-0.2, 0) is 6.54 Å². The Morgan fingerprint density at radius 2 is 2.43 bits per heavy atom. The molecule has 3 nitrogen and oxygen atoms in total. The second kappa shape index (κ2) is 4.47. The van der Waals surface area contributed by atoms with Crippen molar-refractivity contribution in [1.82, 2.24) is 4.90 Å². The van der Waals surface area contributed by atoms with E-state index in [4.69, 9.17) is 10.2 Å². The normalized spacial score (nSPS) is 24.0. The van der Waals surface area contributed by atoms with Crippen molar-refractivity contribution >= 4 is 15.9 Å². The van der Waals surface area contributed by atoms with E-state index >= 15 is 0 Å². The summed E-state index contributed by atoms with van der Waals surface area (Å²) in [7, 11) is 0. The first kappa shape index (κ1) is 10.2. The van der Waals surface area contributed by atoms with Crippen molar-refractivity contribution < 1.29 is 4.42 Å². The van der Waals surface area contributed by atoms with Gasteiger partial charge in [-0.15, -0.1) is 0 Å². The highest BCUT2D eigenvalue weighted by Crippen LogP contribution is 2.17. The van der Waals surface area contributed by atoms with E-state index < -0.39 is 0 Å². The molecular weight excluding hydrogens is 244 g/mol. The number of likely N-dealkylation sites (tertiary alicyclic amines) is 1. The molecule has 1 aromatic rings. The Labute approximate surface area is 92.4 Å². The predicted molar refractivity (Wildman–Crippen MR) is 58.9 cm³/mol. The third kappa shape index (κ3) is 2.59. The van der Waals surface area contributed by atoms with Gasteiger partial charge in [0.2, 0.25) is 0 Å². The van der Waals surface area contributed by atoms with Crippen molar-refractivity contribution in [1.29, 1.82) is 0 Å². The zero-order valence-electron chi connectivity index (χ0n) is 8.08. The van der Waals surface area contributed by atoms with Crippen molar-refractivity contribution in [2.45, 2.75) is 25.4 Å². The fourth-order valence-electron chi connectivity index (χ4n) is 1.89. The van der Waals surface area contributed by atoms with Crippen LogP contribution in [-0.4, -0.2) is 24.0 Å². The largest absolute Gasteiger partial charge is 0.453 e. The number of nitrogens with two attached hydrogens (primary N) is 1. The van der Waals surface area contributed by atoms with Crippen LogP contribution < -0.4 is 5.73 Å². The van der Waals surface area contributed by atoms with Gasteiger partial charge in [0.1, 0.15) is 5.76 Å². The van der Waals surface area contributed by atoms with E-state index in [1.807, 2.05) is 12.1 Å². The minimum atomic E-state index is 0.335. The van der Waals surface area contributed by atoms with E-state index in [1.165, 1.54) is 6.42 Å². The van der Waals surface area contributed by atoms with Gasteiger partial charge in [-0.1, -0.05) is 0 Å². The minimum Gasteiger partial charge on any atom is -0.453 e. The van der Waals surface area contributed by atoms with E-state index in [-0.39, 0.29) is 0 Å². The Morgan fingerprint density at radius 3 is 3.07 bits per heavy atom. The van der Waals surface area contributed by atoms with Crippen molar-refractivity contribution in [2.75, 3.05) is 13.1 Å². The molecule has 1 saturated heterocycles. The molecule has 14 heavy (non-hydrogen) atoms. The third-order valence-corrected chi connectivity index (χ3v) is 2.98. The van der Waals surface area contributed by atoms with Gasteiger partial charge in [-0.25, -0.2) is 0 Å². The van der Waals surface area contributed by atoms with Crippen molar-refractivity contribution in [3.8, 4) is 0 Å². The smallest absolute Gasteiger partial charge is 0.169 e. The van der Waals surface area contributed by atoms with Crippen LogP contribution in [0.5, 0.6) is 0 Å². The highest BCUT2D eigenvalue weighted by atomic mass is 79.9. The molecule has 0 aromatic carbocycles. The first-order valence-corrected chi connectivity index (χ1v) is 5.75. The Morgan fingerprint density at radius 1 is 1.57 bits per heavy atom. The summed E-state index contributed by atoms with van der Waals surface area (Å²) in [4.78, 5) is 2.35. The van der Waals surface area contributed by atoms with Crippen LogP contribution in [0.3, 0.4) is 0 Å². The second-order valence-corrected chi connectivity index (χ2v) is 4.62. The van der Waals surface area contributed by atoms with Crippen molar-refractivity contribution in [3.05, 3.63) is 22.6 Å². The molecule has 0 unspecified atom stereocenters. The molecule has 0 radical (unpaired) electrons. The summed E-state index contributed by atoms with van der Waals surface area (Å²) in [5.74, 6) is 1.01. The first-order valence-electron chi connectivity index (χ1n) is 4.96. The quantitative estimate of drug-likeness (QED) is 0.882. The molecule has 0 aliphatic carbocycles. The predicted octanol–water partition coefficient (Wildman–Crippen LogP) is 1.97. The van der Waals surface area contributed by atoms with E-state index in [0.29, 0.717) is 6.04 Å². The topological polar surface area (TPSA) is 42.4 Å². The molecule has 78 valence electrons. The van der Waals surface area contributed by atoms with Gasteiger partial charge >= 0.3 is 0 Å². The second-order valence-electron chi connectivity index (χ2n) is 3.84. The van der Waals surface area contributed by atoms with Gasteiger partial charge in [0.05, 0.1) is 6.54 Å². The van der Waals surface area contributed by atoms with Gasteiger partial charge < -0.3 is 10.2 Å². The van der Waals surface area contributed by atoms with E-state index in [0.717, 1.165) is 36.5 Å². The Kier molecular flexibility index (Phi) is 3.26. The molecule has 0 saturated carbocycles. The summed E-state index contributed by atoms with van der Waals surface area (Å²) in [6.45, 7) is 2.99. The zero-order chi connectivity index (χ0) is 9.97. The van der Waals surface area contributed by atoms with Crippen molar-refractivity contribution in [2.24, 2.45) is 5.73 Å². The Balaban J connectivity index is 1.90. The lowest BCUT2D eigenvalue weighted by molar-refractivity contribution is 0.187. The third-order valence-electron chi connectivity index (χ3n) is 2.55. The van der Waals surface area contributed by atoms with E-state index in [9.17, 15) is 0 Å². The Bertz CT molecular complexity index is 300. The van der Waals surface area contributed by atoms with E-state index in [1.54, 1.807) is 0 Å². The maximum absolute atomic E-state index is 5.90. The molecule has 0 amide bonds. The number of halogens is 1. The molecule has 1 aromatic heterocycles. The molecule has 1 fully saturated rings. The van der Waals surface area contributed by atoms with Gasteiger partial charge in [-0.3, -0.25) is 4.90 Å². The maximum atomic E-state index is 5.90. The molecule has 0 spiro atoms. The van der Waals surface area contributed by atoms with Gasteiger partial charge in [-0.2, -0.15) is 0 Å². The van der Waals surface area contributed by atoms with Crippen LogP contribution in [0.2, 0.25) is 0 Å². The molecule has 0 bridgehead atoms. The molecule has 1 atom stereocenters. The summed E-state index contributed by atoms with van der Waals surface area (Å²) in [6.07, 6.45) is 2.35. The fraction of sp³-hybridized carbons (Fsp3) is 0.600. The van der Waals surface area contributed by atoms with Crippen LogP contribution in [0.15, 0.2) is 21.2 Å². The number of piperidine rings is 1. The van der Waals surface area contributed by atoms with Crippen molar-refractivity contribution in [3.63, 3.8) is 0 Å². The molecule has 1 aliphatic rings. The lowest BCUT2D eigenvalue weighted by Gasteiger charge is -2.29. The fourth-order valence-corrected chi connectivity index (χ4v) is 2.23. The highest BCUT2D eigenvalue weighted by Gasteiger charge is 2.17. The molecule has 4 heteroatoms. The van der Waals surface area contributed by atoms with Gasteiger partial charge in [0, 0.05) is 12.6 Å². The van der Waals surface area contributed by atoms with Gasteiger partial charge in [0.15, 0.2) is 4.67 Å². The summed E-state index contributed by atoms with van der Waals surface area (Å²) < 4.78 is 6.26. The molecule has 2 N–H and O–H groups in total. The first-order chi connectivity index (χ1) is 6.74. The van der Waals surface area contributed by atoms with E-state index in [2.05, 4.69) is 20.8 Å². The number of furan rings is 1. The molecule has 2 rings (SSSR count). The zero-order valence-corrected chi connectivity index (χ0v) is 9.66.